The van der Waals surface area contributed by atoms with Gasteiger partial charge in [0.15, 0.2) is 0 Å². The van der Waals surface area contributed by atoms with Gasteiger partial charge in [0.1, 0.15) is 12.4 Å². The van der Waals surface area contributed by atoms with Gasteiger partial charge in [-0.15, -0.1) is 0 Å². The van der Waals surface area contributed by atoms with Crippen LogP contribution in [0.3, 0.4) is 0 Å². The van der Waals surface area contributed by atoms with E-state index in [-0.39, 0.29) is 6.10 Å². The lowest BCUT2D eigenvalue weighted by molar-refractivity contribution is 0.0676. The van der Waals surface area contributed by atoms with Crippen LogP contribution in [0.25, 0.3) is 10.8 Å². The van der Waals surface area contributed by atoms with Crippen molar-refractivity contribution in [2.75, 3.05) is 19.8 Å². The van der Waals surface area contributed by atoms with Crippen LogP contribution in [-0.2, 0) is 17.7 Å². The third kappa shape index (κ3) is 4.54. The topological polar surface area (TPSA) is 30.5 Å². The van der Waals surface area contributed by atoms with E-state index in [9.17, 15) is 0 Å². The molecule has 3 heteroatoms. The number of nitrogens with one attached hydrogen (secondary N) is 1. The SMILES string of the molecule is Cc1ccccc1CCNCc1c(OCC2CCCO2)ccc2ccccc12. The van der Waals surface area contributed by atoms with Crippen molar-refractivity contribution in [3.8, 4) is 5.75 Å². The van der Waals surface area contributed by atoms with Gasteiger partial charge in [-0.05, 0) is 60.7 Å². The summed E-state index contributed by atoms with van der Waals surface area (Å²) < 4.78 is 11.9. The lowest BCUT2D eigenvalue weighted by Gasteiger charge is -2.17. The van der Waals surface area contributed by atoms with Crippen LogP contribution in [0.1, 0.15) is 29.5 Å². The van der Waals surface area contributed by atoms with Gasteiger partial charge < -0.3 is 14.8 Å². The Kier molecular flexibility index (Phi) is 6.25. The number of hydrogen-bond donors (Lipinski definition) is 1. The van der Waals surface area contributed by atoms with Gasteiger partial charge in [-0.2, -0.15) is 0 Å². The van der Waals surface area contributed by atoms with Crippen molar-refractivity contribution in [2.24, 2.45) is 0 Å². The summed E-state index contributed by atoms with van der Waals surface area (Å²) in [5, 5.41) is 6.14. The molecular formula is C25H29NO2. The number of hydrogen-bond acceptors (Lipinski definition) is 3. The molecule has 1 N–H and O–H groups in total. The third-order valence-corrected chi connectivity index (χ3v) is 5.58. The van der Waals surface area contributed by atoms with Crippen LogP contribution in [0.15, 0.2) is 60.7 Å². The second kappa shape index (κ2) is 9.22. The van der Waals surface area contributed by atoms with Gasteiger partial charge in [-0.1, -0.05) is 54.6 Å². The van der Waals surface area contributed by atoms with Gasteiger partial charge in [-0.25, -0.2) is 0 Å². The van der Waals surface area contributed by atoms with E-state index in [2.05, 4.69) is 72.9 Å². The van der Waals surface area contributed by atoms with Crippen LogP contribution in [0.5, 0.6) is 5.75 Å². The zero-order valence-electron chi connectivity index (χ0n) is 16.6. The van der Waals surface area contributed by atoms with E-state index in [0.29, 0.717) is 6.61 Å². The highest BCUT2D eigenvalue weighted by atomic mass is 16.5. The first-order valence-corrected chi connectivity index (χ1v) is 10.3. The fraction of sp³-hybridized carbons (Fsp3) is 0.360. The fourth-order valence-electron chi connectivity index (χ4n) is 3.92. The molecule has 0 spiro atoms. The van der Waals surface area contributed by atoms with Crippen LogP contribution in [0, 0.1) is 6.92 Å². The highest BCUT2D eigenvalue weighted by Gasteiger charge is 2.17. The van der Waals surface area contributed by atoms with Crippen LogP contribution in [-0.4, -0.2) is 25.9 Å². The van der Waals surface area contributed by atoms with Crippen molar-refractivity contribution in [3.05, 3.63) is 77.4 Å². The molecule has 4 rings (SSSR count). The molecule has 0 bridgehead atoms. The molecule has 1 atom stereocenters. The summed E-state index contributed by atoms with van der Waals surface area (Å²) in [5.74, 6) is 0.970. The van der Waals surface area contributed by atoms with Crippen LogP contribution in [0.2, 0.25) is 0 Å². The zero-order chi connectivity index (χ0) is 19.2. The molecule has 3 nitrogen and oxygen atoms in total. The third-order valence-electron chi connectivity index (χ3n) is 5.58. The van der Waals surface area contributed by atoms with Crippen molar-refractivity contribution < 1.29 is 9.47 Å². The Morgan fingerprint density at radius 3 is 2.75 bits per heavy atom. The quantitative estimate of drug-likeness (QED) is 0.560. The lowest BCUT2D eigenvalue weighted by atomic mass is 10.0. The molecule has 1 unspecified atom stereocenters. The molecule has 0 radical (unpaired) electrons. The van der Waals surface area contributed by atoms with Crippen LogP contribution < -0.4 is 10.1 Å². The van der Waals surface area contributed by atoms with Crippen molar-refractivity contribution in [1.82, 2.24) is 5.32 Å². The maximum atomic E-state index is 6.20. The first-order chi connectivity index (χ1) is 13.8. The van der Waals surface area contributed by atoms with Gasteiger partial charge in [-0.3, -0.25) is 0 Å². The Morgan fingerprint density at radius 2 is 1.89 bits per heavy atom. The molecule has 1 heterocycles. The maximum Gasteiger partial charge on any atom is 0.124 e. The second-order valence-corrected chi connectivity index (χ2v) is 7.56. The molecule has 3 aromatic rings. The molecule has 28 heavy (non-hydrogen) atoms. The zero-order valence-corrected chi connectivity index (χ0v) is 16.6. The molecule has 1 aliphatic heterocycles. The van der Waals surface area contributed by atoms with Gasteiger partial charge in [0.2, 0.25) is 0 Å². The van der Waals surface area contributed by atoms with Crippen molar-refractivity contribution in [1.29, 1.82) is 0 Å². The highest BCUT2D eigenvalue weighted by Crippen LogP contribution is 2.29. The summed E-state index contributed by atoms with van der Waals surface area (Å²) >= 11 is 0. The number of benzene rings is 3. The predicted molar refractivity (Wildman–Crippen MR) is 115 cm³/mol. The minimum atomic E-state index is 0.230. The maximum absolute atomic E-state index is 6.20. The lowest BCUT2D eigenvalue weighted by Crippen LogP contribution is -2.20. The van der Waals surface area contributed by atoms with E-state index < -0.39 is 0 Å². The molecule has 0 aliphatic carbocycles. The number of ether oxygens (including phenoxy) is 2. The number of aryl methyl sites for hydroxylation is 1. The van der Waals surface area contributed by atoms with E-state index >= 15 is 0 Å². The van der Waals surface area contributed by atoms with Gasteiger partial charge >= 0.3 is 0 Å². The minimum absolute atomic E-state index is 0.230. The summed E-state index contributed by atoms with van der Waals surface area (Å²) in [4.78, 5) is 0. The molecule has 0 aromatic heterocycles. The number of fused-ring (bicyclic) bond motifs is 1. The normalized spacial score (nSPS) is 16.5. The highest BCUT2D eigenvalue weighted by molar-refractivity contribution is 5.87. The van der Waals surface area contributed by atoms with E-state index in [4.69, 9.17) is 9.47 Å². The summed E-state index contributed by atoms with van der Waals surface area (Å²) in [5.41, 5.74) is 4.00. The van der Waals surface area contributed by atoms with Gasteiger partial charge in [0, 0.05) is 18.7 Å². The molecular weight excluding hydrogens is 346 g/mol. The minimum Gasteiger partial charge on any atom is -0.491 e. The molecule has 1 saturated heterocycles. The molecule has 0 amide bonds. The molecule has 3 aromatic carbocycles. The smallest absolute Gasteiger partial charge is 0.124 e. The second-order valence-electron chi connectivity index (χ2n) is 7.56. The van der Waals surface area contributed by atoms with Crippen molar-refractivity contribution in [3.63, 3.8) is 0 Å². The molecule has 1 fully saturated rings. The van der Waals surface area contributed by atoms with Crippen molar-refractivity contribution in [2.45, 2.75) is 38.8 Å². The molecule has 1 aliphatic rings. The van der Waals surface area contributed by atoms with E-state index in [1.165, 1.54) is 27.5 Å². The van der Waals surface area contributed by atoms with Gasteiger partial charge in [0.25, 0.3) is 0 Å². The van der Waals surface area contributed by atoms with Crippen molar-refractivity contribution >= 4 is 10.8 Å². The van der Waals surface area contributed by atoms with Crippen LogP contribution in [0.4, 0.5) is 0 Å². The Hall–Kier alpha value is -2.36. The summed E-state index contributed by atoms with van der Waals surface area (Å²) in [6, 6.07) is 21.4. The summed E-state index contributed by atoms with van der Waals surface area (Å²) in [6.07, 6.45) is 3.49. The summed E-state index contributed by atoms with van der Waals surface area (Å²) in [7, 11) is 0. The Morgan fingerprint density at radius 1 is 1.04 bits per heavy atom. The standard InChI is InChI=1S/C25H29NO2/c1-19-7-2-3-8-20(19)14-15-26-17-24-23-11-5-4-9-21(23)12-13-25(24)28-18-22-10-6-16-27-22/h2-5,7-9,11-13,22,26H,6,10,14-18H2,1H3. The Balaban J connectivity index is 1.45. The first kappa shape index (κ1) is 19.0. The van der Waals surface area contributed by atoms with E-state index in [1.54, 1.807) is 0 Å². The summed E-state index contributed by atoms with van der Waals surface area (Å²) in [6.45, 7) is 5.41. The average Bonchev–Trinajstić information content (AvgIpc) is 3.25. The Labute approximate surface area is 167 Å². The van der Waals surface area contributed by atoms with Gasteiger partial charge in [0.05, 0.1) is 6.10 Å². The van der Waals surface area contributed by atoms with E-state index in [0.717, 1.165) is 44.7 Å². The van der Waals surface area contributed by atoms with Crippen LogP contribution >= 0.6 is 0 Å². The van der Waals surface area contributed by atoms with E-state index in [1.807, 2.05) is 0 Å². The number of rotatable bonds is 8. The molecule has 0 saturated carbocycles. The predicted octanol–water partition coefficient (Wildman–Crippen LogP) is 5.04. The fourth-order valence-corrected chi connectivity index (χ4v) is 3.92. The Bertz CT molecular complexity index is 915. The molecule has 146 valence electrons. The largest absolute Gasteiger partial charge is 0.491 e. The average molecular weight is 376 g/mol. The monoisotopic (exact) mass is 375 g/mol. The first-order valence-electron chi connectivity index (χ1n) is 10.3.